The summed E-state index contributed by atoms with van der Waals surface area (Å²) in [6.45, 7) is 2.62. The fourth-order valence-corrected chi connectivity index (χ4v) is 4.23. The minimum absolute atomic E-state index is 0.168. The summed E-state index contributed by atoms with van der Waals surface area (Å²) >= 11 is 0. The number of hydrogen-bond donors (Lipinski definition) is 0. The Balaban J connectivity index is 2.18. The fourth-order valence-electron chi connectivity index (χ4n) is 2.80. The van der Waals surface area contributed by atoms with Crippen molar-refractivity contribution in [3.63, 3.8) is 0 Å². The van der Waals surface area contributed by atoms with E-state index in [1.807, 2.05) is 48.5 Å². The van der Waals surface area contributed by atoms with Crippen molar-refractivity contribution in [2.45, 2.75) is 50.5 Å². The lowest BCUT2D eigenvalue weighted by Gasteiger charge is -2.21. The number of rotatable bonds is 10. The van der Waals surface area contributed by atoms with Crippen LogP contribution in [0.3, 0.4) is 0 Å². The zero-order valence-electron chi connectivity index (χ0n) is 15.3. The van der Waals surface area contributed by atoms with E-state index in [9.17, 15) is 8.42 Å². The summed E-state index contributed by atoms with van der Waals surface area (Å²) in [5.74, 6) is 0. The van der Waals surface area contributed by atoms with Crippen molar-refractivity contribution in [1.82, 2.24) is 4.31 Å². The maximum atomic E-state index is 13.0. The van der Waals surface area contributed by atoms with E-state index in [1.54, 1.807) is 12.1 Å². The van der Waals surface area contributed by atoms with Crippen LogP contribution in [0.2, 0.25) is 0 Å². The second-order valence-electron chi connectivity index (χ2n) is 6.33. The Labute approximate surface area is 157 Å². The molecule has 138 valence electrons. The highest BCUT2D eigenvalue weighted by atomic mass is 32.2. The van der Waals surface area contributed by atoms with Crippen LogP contribution in [0.15, 0.2) is 59.5 Å². The van der Waals surface area contributed by atoms with Crippen molar-refractivity contribution >= 4 is 10.0 Å². The highest BCUT2D eigenvalue weighted by Gasteiger charge is 2.24. The molecule has 0 spiro atoms. The normalized spacial score (nSPS) is 11.4. The molecule has 0 aliphatic carbocycles. The smallest absolute Gasteiger partial charge is 0.207 e. The lowest BCUT2D eigenvalue weighted by Crippen LogP contribution is -2.31. The molecular weight excluding hydrogens is 344 g/mol. The van der Waals surface area contributed by atoms with Crippen LogP contribution in [0.4, 0.5) is 0 Å². The molecular formula is C21H26N2O2S. The Bertz CT molecular complexity index is 809. The summed E-state index contributed by atoms with van der Waals surface area (Å²) in [6, 6.07) is 18.7. The molecule has 0 fully saturated rings. The van der Waals surface area contributed by atoms with Gasteiger partial charge in [0.15, 0.2) is 0 Å². The van der Waals surface area contributed by atoms with Gasteiger partial charge < -0.3 is 0 Å². The molecule has 0 radical (unpaired) electrons. The summed E-state index contributed by atoms with van der Waals surface area (Å²) in [7, 11) is -3.63. The topological polar surface area (TPSA) is 61.2 Å². The average Bonchev–Trinajstić information content (AvgIpc) is 2.66. The molecule has 0 atom stereocenters. The van der Waals surface area contributed by atoms with Gasteiger partial charge in [0.1, 0.15) is 0 Å². The lowest BCUT2D eigenvalue weighted by atomic mass is 10.1. The first-order chi connectivity index (χ1) is 12.6. The predicted molar refractivity (Wildman–Crippen MR) is 104 cm³/mol. The number of nitriles is 1. The molecule has 0 aromatic heterocycles. The molecule has 0 amide bonds. The highest BCUT2D eigenvalue weighted by Crippen LogP contribution is 2.20. The van der Waals surface area contributed by atoms with Gasteiger partial charge in [-0.3, -0.25) is 0 Å². The van der Waals surface area contributed by atoms with Crippen LogP contribution in [0, 0.1) is 11.3 Å². The average molecular weight is 371 g/mol. The largest absolute Gasteiger partial charge is 0.243 e. The molecule has 0 saturated carbocycles. The maximum absolute atomic E-state index is 13.0. The zero-order valence-corrected chi connectivity index (χ0v) is 16.1. The SMILES string of the molecule is CCCCCc1ccc(S(=O)(=O)N(CCC#N)Cc2ccccc2)cc1. The molecule has 0 bridgehead atoms. The molecule has 0 saturated heterocycles. The van der Waals surface area contributed by atoms with Gasteiger partial charge in [-0.2, -0.15) is 9.57 Å². The van der Waals surface area contributed by atoms with E-state index in [1.165, 1.54) is 17.1 Å². The van der Waals surface area contributed by atoms with Crippen molar-refractivity contribution in [1.29, 1.82) is 5.26 Å². The first-order valence-electron chi connectivity index (χ1n) is 9.08. The molecule has 5 heteroatoms. The van der Waals surface area contributed by atoms with Crippen LogP contribution >= 0.6 is 0 Å². The number of benzene rings is 2. The van der Waals surface area contributed by atoms with Gasteiger partial charge in [0.05, 0.1) is 11.0 Å². The van der Waals surface area contributed by atoms with Crippen molar-refractivity contribution in [3.8, 4) is 6.07 Å². The number of nitrogens with zero attached hydrogens (tertiary/aromatic N) is 2. The lowest BCUT2D eigenvalue weighted by molar-refractivity contribution is 0.413. The Hall–Kier alpha value is -2.16. The van der Waals surface area contributed by atoms with Gasteiger partial charge >= 0.3 is 0 Å². The van der Waals surface area contributed by atoms with Crippen LogP contribution < -0.4 is 0 Å². The molecule has 0 N–H and O–H groups in total. The van der Waals surface area contributed by atoms with Gasteiger partial charge in [0.25, 0.3) is 0 Å². The second-order valence-corrected chi connectivity index (χ2v) is 8.27. The molecule has 0 unspecified atom stereocenters. The van der Waals surface area contributed by atoms with Crippen LogP contribution in [0.5, 0.6) is 0 Å². The summed E-state index contributed by atoms with van der Waals surface area (Å²) < 4.78 is 27.4. The van der Waals surface area contributed by atoms with Gasteiger partial charge in [-0.05, 0) is 36.1 Å². The van der Waals surface area contributed by atoms with Crippen molar-refractivity contribution in [3.05, 3.63) is 65.7 Å². The third-order valence-electron chi connectivity index (χ3n) is 4.30. The Kier molecular flexibility index (Phi) is 7.83. The van der Waals surface area contributed by atoms with E-state index < -0.39 is 10.0 Å². The molecule has 0 aliphatic heterocycles. The van der Waals surface area contributed by atoms with E-state index in [0.29, 0.717) is 0 Å². The summed E-state index contributed by atoms with van der Waals surface area (Å²) in [5.41, 5.74) is 2.06. The maximum Gasteiger partial charge on any atom is 0.243 e. The van der Waals surface area contributed by atoms with Crippen molar-refractivity contribution < 1.29 is 8.42 Å². The first-order valence-corrected chi connectivity index (χ1v) is 10.5. The molecule has 2 aromatic rings. The monoisotopic (exact) mass is 370 g/mol. The minimum Gasteiger partial charge on any atom is -0.207 e. The Morgan fingerprint density at radius 3 is 2.27 bits per heavy atom. The van der Waals surface area contributed by atoms with Crippen LogP contribution in [0.1, 0.15) is 43.7 Å². The van der Waals surface area contributed by atoms with Crippen LogP contribution in [-0.2, 0) is 23.0 Å². The van der Waals surface area contributed by atoms with Crippen molar-refractivity contribution in [2.75, 3.05) is 6.54 Å². The van der Waals surface area contributed by atoms with Gasteiger partial charge in [-0.15, -0.1) is 0 Å². The van der Waals surface area contributed by atoms with E-state index in [0.717, 1.165) is 24.0 Å². The Morgan fingerprint density at radius 2 is 1.65 bits per heavy atom. The van der Waals surface area contributed by atoms with Gasteiger partial charge in [0, 0.05) is 19.5 Å². The van der Waals surface area contributed by atoms with Gasteiger partial charge in [-0.1, -0.05) is 62.2 Å². The van der Waals surface area contributed by atoms with E-state index >= 15 is 0 Å². The molecule has 26 heavy (non-hydrogen) atoms. The minimum atomic E-state index is -3.63. The van der Waals surface area contributed by atoms with E-state index in [2.05, 4.69) is 6.92 Å². The third kappa shape index (κ3) is 5.69. The molecule has 0 heterocycles. The highest BCUT2D eigenvalue weighted by molar-refractivity contribution is 7.89. The fraction of sp³-hybridized carbons (Fsp3) is 0.381. The van der Waals surface area contributed by atoms with E-state index in [-0.39, 0.29) is 24.4 Å². The standard InChI is InChI=1S/C21H26N2O2S/c1-2-3-5-9-19-12-14-21(15-13-19)26(24,25)23(17-8-16-22)18-20-10-6-4-7-11-20/h4,6-7,10-15H,2-3,5,8-9,17-18H2,1H3. The third-order valence-corrected chi connectivity index (χ3v) is 6.16. The number of sulfonamides is 1. The van der Waals surface area contributed by atoms with E-state index in [4.69, 9.17) is 5.26 Å². The molecule has 0 aliphatic rings. The first kappa shape index (κ1) is 20.2. The van der Waals surface area contributed by atoms with Gasteiger partial charge in [0.2, 0.25) is 10.0 Å². The summed E-state index contributed by atoms with van der Waals surface area (Å²) in [5, 5.41) is 8.89. The number of hydrogen-bond acceptors (Lipinski definition) is 3. The van der Waals surface area contributed by atoms with Crippen LogP contribution in [0.25, 0.3) is 0 Å². The molecule has 2 aromatic carbocycles. The summed E-state index contributed by atoms with van der Waals surface area (Å²) in [6.07, 6.45) is 4.60. The number of unbranched alkanes of at least 4 members (excludes halogenated alkanes) is 2. The van der Waals surface area contributed by atoms with Gasteiger partial charge in [-0.25, -0.2) is 8.42 Å². The van der Waals surface area contributed by atoms with Crippen molar-refractivity contribution in [2.24, 2.45) is 0 Å². The Morgan fingerprint density at radius 1 is 0.962 bits per heavy atom. The second kappa shape index (κ2) is 10.1. The predicted octanol–water partition coefficient (Wildman–Crippen LogP) is 4.52. The molecule has 2 rings (SSSR count). The quantitative estimate of drug-likeness (QED) is 0.578. The molecule has 4 nitrogen and oxygen atoms in total. The van der Waals surface area contributed by atoms with Crippen LogP contribution in [-0.4, -0.2) is 19.3 Å². The summed E-state index contributed by atoms with van der Waals surface area (Å²) in [4.78, 5) is 0.283. The zero-order chi connectivity index (χ0) is 18.8. The number of aryl methyl sites for hydroxylation is 1.